The van der Waals surface area contributed by atoms with Gasteiger partial charge in [-0.1, -0.05) is 31.2 Å². The molecule has 2 N–H and O–H groups in total. The summed E-state index contributed by atoms with van der Waals surface area (Å²) >= 11 is 0. The van der Waals surface area contributed by atoms with Crippen molar-refractivity contribution in [2.24, 2.45) is 0 Å². The molecule has 5 nitrogen and oxygen atoms in total. The third-order valence-electron chi connectivity index (χ3n) is 6.14. The highest BCUT2D eigenvalue weighted by atomic mass is 19.1. The first-order chi connectivity index (χ1) is 16.5. The zero-order valence-corrected chi connectivity index (χ0v) is 19.5. The van der Waals surface area contributed by atoms with E-state index in [4.69, 9.17) is 9.47 Å². The van der Waals surface area contributed by atoms with Crippen LogP contribution in [-0.2, 0) is 0 Å². The summed E-state index contributed by atoms with van der Waals surface area (Å²) in [7, 11) is 0. The molecule has 6 heteroatoms. The number of alkyl halides is 1. The van der Waals surface area contributed by atoms with Crippen molar-refractivity contribution in [1.29, 1.82) is 0 Å². The van der Waals surface area contributed by atoms with Crippen molar-refractivity contribution in [2.75, 3.05) is 32.9 Å². The number of nitrogens with zero attached hydrogens (tertiary/aromatic N) is 1. The number of phenols is 2. The zero-order chi connectivity index (χ0) is 24.1. The van der Waals surface area contributed by atoms with Gasteiger partial charge in [0, 0.05) is 24.2 Å². The fraction of sp³-hybridized carbons (Fsp3) is 0.286. The smallest absolute Gasteiger partial charge is 0.150 e. The van der Waals surface area contributed by atoms with Crippen LogP contribution in [0.5, 0.6) is 23.0 Å². The summed E-state index contributed by atoms with van der Waals surface area (Å²) in [6.45, 7) is 6.00. The lowest BCUT2D eigenvalue weighted by Crippen LogP contribution is -2.30. The van der Waals surface area contributed by atoms with Gasteiger partial charge in [-0.05, 0) is 72.6 Å². The Bertz CT molecular complexity index is 1160. The summed E-state index contributed by atoms with van der Waals surface area (Å²) in [5.41, 5.74) is 4.51. The minimum atomic E-state index is -0.395. The molecule has 1 atom stereocenters. The second-order valence-electron chi connectivity index (χ2n) is 8.31. The van der Waals surface area contributed by atoms with Crippen LogP contribution in [0.25, 0.3) is 11.1 Å². The molecule has 0 spiro atoms. The Labute approximate surface area is 199 Å². The van der Waals surface area contributed by atoms with Crippen molar-refractivity contribution in [3.8, 4) is 23.0 Å². The summed E-state index contributed by atoms with van der Waals surface area (Å²) in [6, 6.07) is 19.9. The topological polar surface area (TPSA) is 62.2 Å². The van der Waals surface area contributed by atoms with Gasteiger partial charge in [0.05, 0.1) is 0 Å². The molecule has 0 radical (unpaired) electrons. The molecule has 0 amide bonds. The van der Waals surface area contributed by atoms with Crippen LogP contribution in [0.3, 0.4) is 0 Å². The van der Waals surface area contributed by atoms with Gasteiger partial charge in [0.15, 0.2) is 0 Å². The molecule has 4 rings (SSSR count). The van der Waals surface area contributed by atoms with Crippen LogP contribution in [0, 0.1) is 0 Å². The van der Waals surface area contributed by atoms with Crippen molar-refractivity contribution >= 4 is 11.1 Å². The van der Waals surface area contributed by atoms with E-state index in [1.807, 2.05) is 49.1 Å². The van der Waals surface area contributed by atoms with Gasteiger partial charge in [-0.2, -0.15) is 0 Å². The van der Waals surface area contributed by atoms with Crippen molar-refractivity contribution in [3.05, 3.63) is 83.4 Å². The molecular weight excluding hydrogens is 433 g/mol. The van der Waals surface area contributed by atoms with E-state index < -0.39 is 6.10 Å². The summed E-state index contributed by atoms with van der Waals surface area (Å²) in [6.07, 6.45) is -0.395. The van der Waals surface area contributed by atoms with Gasteiger partial charge >= 0.3 is 0 Å². The first kappa shape index (κ1) is 23.6. The third-order valence-corrected chi connectivity index (χ3v) is 6.14. The lowest BCUT2D eigenvalue weighted by molar-refractivity contribution is 0.203. The van der Waals surface area contributed by atoms with Gasteiger partial charge in [0.2, 0.25) is 0 Å². The van der Waals surface area contributed by atoms with E-state index in [1.54, 1.807) is 36.4 Å². The number of ether oxygens (including phenoxy) is 2. The number of phenolic OH excluding ortho intramolecular Hbond substituents is 2. The molecule has 0 bridgehead atoms. The van der Waals surface area contributed by atoms with Gasteiger partial charge in [-0.25, -0.2) is 4.39 Å². The summed E-state index contributed by atoms with van der Waals surface area (Å²) in [5.74, 6) is 1.78. The fourth-order valence-corrected chi connectivity index (χ4v) is 4.30. The zero-order valence-electron chi connectivity index (χ0n) is 19.5. The second kappa shape index (κ2) is 10.6. The maximum Gasteiger partial charge on any atom is 0.150 e. The maximum atomic E-state index is 12.6. The first-order valence-corrected chi connectivity index (χ1v) is 11.5. The second-order valence-corrected chi connectivity index (χ2v) is 8.31. The average molecular weight is 464 g/mol. The number of allylic oxidation sites excluding steroid dienone is 1. The Balaban J connectivity index is 1.61. The molecule has 1 aliphatic heterocycles. The van der Waals surface area contributed by atoms with E-state index in [0.29, 0.717) is 25.4 Å². The molecule has 1 unspecified atom stereocenters. The number of likely N-dealkylation sites (N-methyl/N-ethyl adjacent to an activating group) is 1. The number of rotatable bonds is 9. The molecule has 0 fully saturated rings. The molecular formula is C28H30FNO4. The minimum Gasteiger partial charge on any atom is -0.508 e. The summed E-state index contributed by atoms with van der Waals surface area (Å²) < 4.78 is 24.9. The van der Waals surface area contributed by atoms with E-state index in [2.05, 4.69) is 0 Å². The van der Waals surface area contributed by atoms with E-state index in [9.17, 15) is 14.6 Å². The predicted octanol–water partition coefficient (Wildman–Crippen LogP) is 5.83. The quantitative estimate of drug-likeness (QED) is 0.418. The monoisotopic (exact) mass is 463 g/mol. The van der Waals surface area contributed by atoms with E-state index in [-0.39, 0.29) is 18.2 Å². The number of fused-ring (bicyclic) bond motifs is 1. The van der Waals surface area contributed by atoms with Crippen LogP contribution in [0.15, 0.2) is 66.7 Å². The van der Waals surface area contributed by atoms with Gasteiger partial charge in [-0.3, -0.25) is 4.90 Å². The fourth-order valence-electron chi connectivity index (χ4n) is 4.30. The average Bonchev–Trinajstić information content (AvgIpc) is 2.84. The molecule has 0 aromatic heterocycles. The Morgan fingerprint density at radius 1 is 0.971 bits per heavy atom. The highest BCUT2D eigenvalue weighted by molar-refractivity contribution is 5.95. The molecule has 0 saturated heterocycles. The Morgan fingerprint density at radius 3 is 2.44 bits per heavy atom. The SMILES string of the molecule is CCN(CCF)CCOc1ccc(C2Oc3ccc(O)cc3C(C)=C2c2cccc(O)c2)cc1. The first-order valence-electron chi connectivity index (χ1n) is 11.5. The standard InChI is InChI=1S/C28H30FNO4/c1-3-30(14-13-29)15-16-33-24-10-7-20(8-11-24)28-27(21-5-4-6-22(31)17-21)19(2)25-18-23(32)9-12-26(25)34-28/h4-12,17-18,28,31-32H,3,13-16H2,1-2H3. The minimum absolute atomic E-state index is 0.171. The number of halogens is 1. The highest BCUT2D eigenvalue weighted by Crippen LogP contribution is 2.47. The van der Waals surface area contributed by atoms with Crippen molar-refractivity contribution in [1.82, 2.24) is 4.90 Å². The van der Waals surface area contributed by atoms with Crippen LogP contribution in [0.1, 0.15) is 36.6 Å². The van der Waals surface area contributed by atoms with Crippen molar-refractivity contribution in [3.63, 3.8) is 0 Å². The van der Waals surface area contributed by atoms with Crippen LogP contribution in [0.2, 0.25) is 0 Å². The van der Waals surface area contributed by atoms with Crippen LogP contribution >= 0.6 is 0 Å². The molecule has 1 aliphatic rings. The van der Waals surface area contributed by atoms with Gasteiger partial charge in [0.25, 0.3) is 0 Å². The Hall–Kier alpha value is -3.51. The summed E-state index contributed by atoms with van der Waals surface area (Å²) in [5, 5.41) is 20.1. The van der Waals surface area contributed by atoms with Crippen LogP contribution in [0.4, 0.5) is 4.39 Å². The predicted molar refractivity (Wildman–Crippen MR) is 132 cm³/mol. The lowest BCUT2D eigenvalue weighted by Gasteiger charge is -2.31. The van der Waals surface area contributed by atoms with E-state index >= 15 is 0 Å². The highest BCUT2D eigenvalue weighted by Gasteiger charge is 2.29. The van der Waals surface area contributed by atoms with Gasteiger partial charge in [-0.15, -0.1) is 0 Å². The molecule has 0 saturated carbocycles. The third kappa shape index (κ3) is 5.18. The lowest BCUT2D eigenvalue weighted by atomic mass is 9.86. The molecule has 1 heterocycles. The molecule has 178 valence electrons. The number of aromatic hydroxyl groups is 2. The van der Waals surface area contributed by atoms with Crippen LogP contribution in [-0.4, -0.2) is 48.0 Å². The molecule has 3 aromatic carbocycles. The Kier molecular flexibility index (Phi) is 7.38. The van der Waals surface area contributed by atoms with Crippen molar-refractivity contribution in [2.45, 2.75) is 20.0 Å². The number of hydrogen-bond donors (Lipinski definition) is 2. The number of benzene rings is 3. The molecule has 0 aliphatic carbocycles. The van der Waals surface area contributed by atoms with Crippen LogP contribution < -0.4 is 9.47 Å². The maximum absolute atomic E-state index is 12.6. The summed E-state index contributed by atoms with van der Waals surface area (Å²) in [4.78, 5) is 2.01. The van der Waals surface area contributed by atoms with Crippen molar-refractivity contribution < 1.29 is 24.1 Å². The van der Waals surface area contributed by atoms with Gasteiger partial charge in [0.1, 0.15) is 42.4 Å². The Morgan fingerprint density at radius 2 is 1.74 bits per heavy atom. The van der Waals surface area contributed by atoms with Gasteiger partial charge < -0.3 is 19.7 Å². The molecule has 3 aromatic rings. The normalized spacial score (nSPS) is 15.2. The largest absolute Gasteiger partial charge is 0.508 e. The van der Waals surface area contributed by atoms with E-state index in [0.717, 1.165) is 40.1 Å². The number of hydrogen-bond acceptors (Lipinski definition) is 5. The molecule has 34 heavy (non-hydrogen) atoms. The van der Waals surface area contributed by atoms with E-state index in [1.165, 1.54) is 0 Å².